The molecule has 5 heteroatoms. The van der Waals surface area contributed by atoms with E-state index in [9.17, 15) is 0 Å². The van der Waals surface area contributed by atoms with Crippen molar-refractivity contribution in [2.24, 2.45) is 0 Å². The molecule has 0 bridgehead atoms. The molecule has 0 radical (unpaired) electrons. The van der Waals surface area contributed by atoms with Crippen molar-refractivity contribution in [1.82, 2.24) is 15.0 Å². The van der Waals surface area contributed by atoms with E-state index in [0.717, 1.165) is 16.3 Å². The van der Waals surface area contributed by atoms with Crippen LogP contribution in [0, 0.1) is 6.92 Å². The molecule has 2 heterocycles. The van der Waals surface area contributed by atoms with Crippen LogP contribution in [0.4, 0.5) is 0 Å². The molecule has 0 atom stereocenters. The number of alkyl halides is 1. The van der Waals surface area contributed by atoms with Crippen LogP contribution in [-0.4, -0.2) is 15.0 Å². The van der Waals surface area contributed by atoms with Gasteiger partial charge in [0.05, 0.1) is 22.0 Å². The molecule has 0 aliphatic carbocycles. The molecular formula is C9H8ClN3S. The van der Waals surface area contributed by atoms with Gasteiger partial charge in [-0.25, -0.2) is 9.97 Å². The zero-order valence-electron chi connectivity index (χ0n) is 7.57. The Morgan fingerprint density at radius 3 is 2.93 bits per heavy atom. The second kappa shape index (κ2) is 4.02. The lowest BCUT2D eigenvalue weighted by Crippen LogP contribution is -1.94. The van der Waals surface area contributed by atoms with Crippen LogP contribution in [0.15, 0.2) is 17.8 Å². The van der Waals surface area contributed by atoms with Crippen LogP contribution < -0.4 is 0 Å². The Balaban J connectivity index is 2.48. The van der Waals surface area contributed by atoms with Crippen LogP contribution in [0.1, 0.15) is 11.4 Å². The lowest BCUT2D eigenvalue weighted by atomic mass is 10.3. The third-order valence-corrected chi connectivity index (χ3v) is 2.74. The minimum absolute atomic E-state index is 0.412. The number of aromatic nitrogens is 3. The Morgan fingerprint density at radius 2 is 2.29 bits per heavy atom. The van der Waals surface area contributed by atoms with Crippen LogP contribution in [0.3, 0.4) is 0 Å². The highest BCUT2D eigenvalue weighted by Gasteiger charge is 2.05. The number of hydrogen-bond donors (Lipinski definition) is 0. The molecule has 72 valence electrons. The van der Waals surface area contributed by atoms with Crippen molar-refractivity contribution in [1.29, 1.82) is 0 Å². The van der Waals surface area contributed by atoms with Gasteiger partial charge in [-0.2, -0.15) is 0 Å². The zero-order chi connectivity index (χ0) is 9.97. The summed E-state index contributed by atoms with van der Waals surface area (Å²) in [5.74, 6) is 1.12. The highest BCUT2D eigenvalue weighted by Crippen LogP contribution is 2.20. The monoisotopic (exact) mass is 225 g/mol. The maximum Gasteiger partial charge on any atom is 0.171 e. The summed E-state index contributed by atoms with van der Waals surface area (Å²) in [6.45, 7) is 1.93. The van der Waals surface area contributed by atoms with Gasteiger partial charge in [0.25, 0.3) is 0 Å². The lowest BCUT2D eigenvalue weighted by molar-refractivity contribution is 1.05. The lowest BCUT2D eigenvalue weighted by Gasteiger charge is -2.00. The number of halogens is 1. The standard InChI is InChI=1S/C9H8ClN3S/c1-6-2-7(3-10)13-9(12-6)8-4-11-5-14-8/h2,4-5H,3H2,1H3. The van der Waals surface area contributed by atoms with Gasteiger partial charge in [-0.15, -0.1) is 22.9 Å². The highest BCUT2D eigenvalue weighted by atomic mass is 35.5. The Morgan fingerprint density at radius 1 is 1.43 bits per heavy atom. The van der Waals surface area contributed by atoms with Crippen molar-refractivity contribution in [3.63, 3.8) is 0 Å². The minimum atomic E-state index is 0.412. The summed E-state index contributed by atoms with van der Waals surface area (Å²) in [6.07, 6.45) is 1.76. The van der Waals surface area contributed by atoms with Crippen LogP contribution >= 0.6 is 22.9 Å². The average Bonchev–Trinajstić information content (AvgIpc) is 2.69. The SMILES string of the molecule is Cc1cc(CCl)nc(-c2cncs2)n1. The fourth-order valence-electron chi connectivity index (χ4n) is 1.14. The molecule has 2 aromatic rings. The van der Waals surface area contributed by atoms with Crippen molar-refractivity contribution in [3.8, 4) is 10.7 Å². The molecule has 0 spiro atoms. The van der Waals surface area contributed by atoms with Crippen LogP contribution in [0.5, 0.6) is 0 Å². The summed E-state index contributed by atoms with van der Waals surface area (Å²) in [5, 5.41) is 0. The molecule has 2 rings (SSSR count). The Bertz CT molecular complexity index is 428. The summed E-state index contributed by atoms with van der Waals surface area (Å²) in [4.78, 5) is 13.6. The van der Waals surface area contributed by atoms with Gasteiger partial charge in [0.15, 0.2) is 5.82 Å². The van der Waals surface area contributed by atoms with Crippen molar-refractivity contribution in [2.75, 3.05) is 0 Å². The van der Waals surface area contributed by atoms with E-state index in [-0.39, 0.29) is 0 Å². The fraction of sp³-hybridized carbons (Fsp3) is 0.222. The Kier molecular flexibility index (Phi) is 2.74. The summed E-state index contributed by atoms with van der Waals surface area (Å²) in [7, 11) is 0. The molecule has 0 saturated carbocycles. The first-order valence-electron chi connectivity index (χ1n) is 4.09. The van der Waals surface area contributed by atoms with Gasteiger partial charge in [0.2, 0.25) is 0 Å². The maximum absolute atomic E-state index is 5.73. The van der Waals surface area contributed by atoms with Gasteiger partial charge in [-0.1, -0.05) is 0 Å². The summed E-state index contributed by atoms with van der Waals surface area (Å²) in [6, 6.07) is 1.89. The number of nitrogens with zero attached hydrogens (tertiary/aromatic N) is 3. The topological polar surface area (TPSA) is 38.7 Å². The predicted molar refractivity (Wildman–Crippen MR) is 57.4 cm³/mol. The maximum atomic E-state index is 5.73. The summed E-state index contributed by atoms with van der Waals surface area (Å²) < 4.78 is 0. The molecular weight excluding hydrogens is 218 g/mol. The van der Waals surface area contributed by atoms with Gasteiger partial charge < -0.3 is 0 Å². The van der Waals surface area contributed by atoms with E-state index < -0.39 is 0 Å². The van der Waals surface area contributed by atoms with Gasteiger partial charge in [0, 0.05) is 11.9 Å². The number of rotatable bonds is 2. The van der Waals surface area contributed by atoms with Crippen molar-refractivity contribution < 1.29 is 0 Å². The van der Waals surface area contributed by atoms with Crippen LogP contribution in [0.2, 0.25) is 0 Å². The first kappa shape index (κ1) is 9.55. The minimum Gasteiger partial charge on any atom is -0.252 e. The number of thiazole rings is 1. The van der Waals surface area contributed by atoms with Crippen molar-refractivity contribution in [2.45, 2.75) is 12.8 Å². The van der Waals surface area contributed by atoms with E-state index in [4.69, 9.17) is 11.6 Å². The molecule has 3 nitrogen and oxygen atoms in total. The molecule has 2 aromatic heterocycles. The van der Waals surface area contributed by atoms with E-state index in [0.29, 0.717) is 11.7 Å². The Hall–Kier alpha value is -1.00. The third-order valence-electron chi connectivity index (χ3n) is 1.70. The van der Waals surface area contributed by atoms with Crippen molar-refractivity contribution >= 4 is 22.9 Å². The second-order valence-corrected chi connectivity index (χ2v) is 3.98. The van der Waals surface area contributed by atoms with E-state index in [1.807, 2.05) is 13.0 Å². The first-order chi connectivity index (χ1) is 6.79. The van der Waals surface area contributed by atoms with E-state index >= 15 is 0 Å². The Labute approximate surface area is 90.8 Å². The molecule has 0 N–H and O–H groups in total. The molecule has 0 unspecified atom stereocenters. The predicted octanol–water partition coefficient (Wildman–Crippen LogP) is 2.65. The molecule has 0 saturated heterocycles. The quantitative estimate of drug-likeness (QED) is 0.738. The van der Waals surface area contributed by atoms with E-state index in [1.54, 1.807) is 11.7 Å². The van der Waals surface area contributed by atoms with Gasteiger partial charge in [0.1, 0.15) is 0 Å². The van der Waals surface area contributed by atoms with Crippen LogP contribution in [0.25, 0.3) is 10.7 Å². The molecule has 0 aliphatic rings. The highest BCUT2D eigenvalue weighted by molar-refractivity contribution is 7.13. The molecule has 0 aromatic carbocycles. The van der Waals surface area contributed by atoms with Crippen molar-refractivity contribution in [3.05, 3.63) is 29.2 Å². The zero-order valence-corrected chi connectivity index (χ0v) is 9.14. The van der Waals surface area contributed by atoms with Crippen LogP contribution in [-0.2, 0) is 5.88 Å². The van der Waals surface area contributed by atoms with Gasteiger partial charge in [-0.05, 0) is 13.0 Å². The fourth-order valence-corrected chi connectivity index (χ4v) is 1.83. The second-order valence-electron chi connectivity index (χ2n) is 2.82. The third kappa shape index (κ3) is 1.91. The molecule has 0 aliphatic heterocycles. The molecule has 0 fully saturated rings. The first-order valence-corrected chi connectivity index (χ1v) is 5.50. The van der Waals surface area contributed by atoms with Gasteiger partial charge >= 0.3 is 0 Å². The smallest absolute Gasteiger partial charge is 0.171 e. The summed E-state index contributed by atoms with van der Waals surface area (Å²) in [5.41, 5.74) is 3.54. The van der Waals surface area contributed by atoms with Gasteiger partial charge in [-0.3, -0.25) is 4.98 Å². The average molecular weight is 226 g/mol. The molecule has 14 heavy (non-hydrogen) atoms. The van der Waals surface area contributed by atoms with E-state index in [2.05, 4.69) is 15.0 Å². The number of aryl methyl sites for hydroxylation is 1. The summed E-state index contributed by atoms with van der Waals surface area (Å²) >= 11 is 7.25. The number of hydrogen-bond acceptors (Lipinski definition) is 4. The largest absolute Gasteiger partial charge is 0.252 e. The van der Waals surface area contributed by atoms with E-state index in [1.165, 1.54) is 11.3 Å². The normalized spacial score (nSPS) is 10.4. The molecule has 0 amide bonds.